The molecule has 1 N–H and O–H groups in total. The normalized spacial score (nSPS) is 14.5. The van der Waals surface area contributed by atoms with E-state index >= 15 is 0 Å². The lowest BCUT2D eigenvalue weighted by Gasteiger charge is -2.30. The van der Waals surface area contributed by atoms with Gasteiger partial charge < -0.3 is 28.5 Å². The lowest BCUT2D eigenvalue weighted by atomic mass is 10.0. The Bertz CT molecular complexity index is 1540. The van der Waals surface area contributed by atoms with Crippen LogP contribution in [0.3, 0.4) is 0 Å². The van der Waals surface area contributed by atoms with E-state index in [1.165, 1.54) is 96.3 Å². The van der Waals surface area contributed by atoms with Crippen molar-refractivity contribution in [3.8, 4) is 0 Å². The largest absolute Gasteiger partial charge is 0.756 e. The molecule has 0 aromatic rings. The fraction of sp³-hybridized carbons (Fsp3) is 0.705. The van der Waals surface area contributed by atoms with E-state index in [1.807, 2.05) is 39.4 Å². The van der Waals surface area contributed by atoms with Gasteiger partial charge in [0.25, 0.3) is 7.82 Å². The Labute approximate surface area is 437 Å². The number of nitrogens with one attached hydrogen (secondary N) is 1. The van der Waals surface area contributed by atoms with Crippen molar-refractivity contribution in [2.75, 3.05) is 40.9 Å². The summed E-state index contributed by atoms with van der Waals surface area (Å²) in [4.78, 5) is 39.8. The van der Waals surface area contributed by atoms with Gasteiger partial charge in [-0.05, 0) is 96.0 Å². The van der Waals surface area contributed by atoms with E-state index in [1.54, 1.807) is 6.08 Å². The number of hydrogen-bond acceptors (Lipinski definition) is 7. The highest BCUT2D eigenvalue weighted by atomic mass is 31.2. The fourth-order valence-electron chi connectivity index (χ4n) is 7.60. The van der Waals surface area contributed by atoms with E-state index < -0.39 is 32.5 Å². The second kappa shape index (κ2) is 50.5. The van der Waals surface area contributed by atoms with Gasteiger partial charge in [0.1, 0.15) is 19.3 Å². The number of allylic oxidation sites excluding steroid dienone is 15. The smallest absolute Gasteiger partial charge is 0.306 e. The number of esters is 1. The number of unbranched alkanes of at least 4 members (excludes halogenated alkanes) is 20. The van der Waals surface area contributed by atoms with Crippen LogP contribution in [-0.4, -0.2) is 69.4 Å². The van der Waals surface area contributed by atoms with Gasteiger partial charge in [0.15, 0.2) is 0 Å². The third-order valence-electron chi connectivity index (χ3n) is 12.0. The van der Waals surface area contributed by atoms with Crippen LogP contribution >= 0.6 is 7.82 Å². The highest BCUT2D eigenvalue weighted by molar-refractivity contribution is 7.45. The SMILES string of the molecule is CC/C=C\C/C=C\C/C=C\C/C=C\C/C=C\C/C=C\CCC(=O)OC(/C=C\CCCCCCCCCCCCC)C(COP(=O)([O-])OCC[N+](C)(C)C)NC(=O)CCCCC/C=C\CCCCCCCC. The summed E-state index contributed by atoms with van der Waals surface area (Å²) in [7, 11) is 1.13. The van der Waals surface area contributed by atoms with Crippen molar-refractivity contribution in [1.82, 2.24) is 5.32 Å². The second-order valence-electron chi connectivity index (χ2n) is 20.1. The second-order valence-corrected chi connectivity index (χ2v) is 21.5. The fourth-order valence-corrected chi connectivity index (χ4v) is 8.32. The van der Waals surface area contributed by atoms with Crippen molar-refractivity contribution >= 4 is 19.7 Å². The van der Waals surface area contributed by atoms with Gasteiger partial charge in [-0.25, -0.2) is 0 Å². The number of likely N-dealkylation sites (N-methyl/N-ethyl adjacent to an activating group) is 1. The van der Waals surface area contributed by atoms with Crippen LogP contribution in [0.25, 0.3) is 0 Å². The molecule has 10 heteroatoms. The first-order valence-corrected chi connectivity index (χ1v) is 30.0. The molecule has 0 fully saturated rings. The van der Waals surface area contributed by atoms with Gasteiger partial charge in [0, 0.05) is 12.8 Å². The van der Waals surface area contributed by atoms with Gasteiger partial charge in [-0.3, -0.25) is 14.2 Å². The van der Waals surface area contributed by atoms with Crippen LogP contribution in [0.1, 0.15) is 226 Å². The maximum atomic E-state index is 13.5. The van der Waals surface area contributed by atoms with Crippen molar-refractivity contribution in [1.29, 1.82) is 0 Å². The summed E-state index contributed by atoms with van der Waals surface area (Å²) in [5, 5.41) is 2.99. The third-order valence-corrected chi connectivity index (χ3v) is 13.0. The number of phosphoric acid groups is 1. The van der Waals surface area contributed by atoms with Gasteiger partial charge in [0.05, 0.1) is 33.8 Å². The van der Waals surface area contributed by atoms with E-state index in [2.05, 4.69) is 99.0 Å². The molecule has 0 bridgehead atoms. The number of nitrogens with zero attached hydrogens (tertiary/aromatic N) is 1. The number of hydrogen-bond donors (Lipinski definition) is 1. The molecule has 0 saturated heterocycles. The monoisotopic (exact) mass is 1010 g/mol. The molecule has 0 rings (SSSR count). The molecule has 0 aromatic heterocycles. The van der Waals surface area contributed by atoms with Gasteiger partial charge in [-0.1, -0.05) is 215 Å². The predicted octanol–water partition coefficient (Wildman–Crippen LogP) is 16.6. The van der Waals surface area contributed by atoms with Crippen molar-refractivity contribution in [2.24, 2.45) is 0 Å². The number of rotatable bonds is 50. The highest BCUT2D eigenvalue weighted by Crippen LogP contribution is 2.38. The lowest BCUT2D eigenvalue weighted by molar-refractivity contribution is -0.870. The van der Waals surface area contributed by atoms with E-state index in [9.17, 15) is 19.0 Å². The molecule has 0 heterocycles. The van der Waals surface area contributed by atoms with Crippen LogP contribution in [-0.2, 0) is 27.9 Å². The molecule has 0 aliphatic heterocycles. The number of quaternary nitrogens is 1. The van der Waals surface area contributed by atoms with Crippen molar-refractivity contribution < 1.29 is 37.3 Å². The zero-order valence-corrected chi connectivity index (χ0v) is 47.3. The van der Waals surface area contributed by atoms with E-state index in [0.717, 1.165) is 83.5 Å². The summed E-state index contributed by atoms with van der Waals surface area (Å²) < 4.78 is 30.1. The first kappa shape index (κ1) is 67.9. The number of carbonyl (C=O) groups is 2. The Balaban J connectivity index is 5.52. The molecule has 0 saturated carbocycles. The Morgan fingerprint density at radius 2 is 0.915 bits per heavy atom. The van der Waals surface area contributed by atoms with Gasteiger partial charge in [-0.2, -0.15) is 0 Å². The van der Waals surface area contributed by atoms with Crippen LogP contribution < -0.4 is 10.2 Å². The summed E-state index contributed by atoms with van der Waals surface area (Å²) in [5.74, 6) is -0.663. The Hall–Kier alpha value is -3.07. The maximum Gasteiger partial charge on any atom is 0.306 e. The zero-order valence-electron chi connectivity index (χ0n) is 46.4. The average molecular weight is 1010 g/mol. The number of ether oxygens (including phenoxy) is 1. The van der Waals surface area contributed by atoms with Gasteiger partial charge in [-0.15, -0.1) is 0 Å². The van der Waals surface area contributed by atoms with E-state index in [-0.39, 0.29) is 25.4 Å². The molecule has 0 radical (unpaired) electrons. The predicted molar refractivity (Wildman–Crippen MR) is 302 cm³/mol. The highest BCUT2D eigenvalue weighted by Gasteiger charge is 2.27. The molecular formula is C61H107N2O7P. The minimum atomic E-state index is -4.72. The molecule has 71 heavy (non-hydrogen) atoms. The molecule has 0 aliphatic rings. The van der Waals surface area contributed by atoms with Crippen molar-refractivity contribution in [3.05, 3.63) is 97.2 Å². The molecule has 0 aliphatic carbocycles. The Morgan fingerprint density at radius 3 is 1.38 bits per heavy atom. The molecular weight excluding hydrogens is 904 g/mol. The minimum Gasteiger partial charge on any atom is -0.756 e. The first-order valence-electron chi connectivity index (χ1n) is 28.5. The zero-order chi connectivity index (χ0) is 52.2. The minimum absolute atomic E-state index is 0.0403. The van der Waals surface area contributed by atoms with E-state index in [0.29, 0.717) is 23.9 Å². The third kappa shape index (κ3) is 51.6. The molecule has 1 amide bonds. The van der Waals surface area contributed by atoms with Crippen molar-refractivity contribution in [2.45, 2.75) is 238 Å². The Kier molecular flexibility index (Phi) is 48.3. The van der Waals surface area contributed by atoms with Crippen molar-refractivity contribution in [3.63, 3.8) is 0 Å². The van der Waals surface area contributed by atoms with Crippen LogP contribution in [0.4, 0.5) is 0 Å². The average Bonchev–Trinajstić information content (AvgIpc) is 3.33. The summed E-state index contributed by atoms with van der Waals surface area (Å²) >= 11 is 0. The van der Waals surface area contributed by atoms with Crippen LogP contribution in [0, 0.1) is 0 Å². The molecule has 408 valence electrons. The standard InChI is InChI=1S/C61H107N2O7P/c1-7-10-13-16-19-22-25-28-29-30-31-32-33-36-39-42-45-48-51-54-61(65)70-59(52-49-46-43-40-37-34-26-23-20-17-14-11-8-2)58(57-69-71(66,67)68-56-55-63(4,5)6)62-60(64)53-50-47-44-41-38-35-27-24-21-18-15-12-9-3/h10,13,19,22,28-29,31-32,35-36,38-39,45,48-49,52,58-59H,7-9,11-12,14-18,20-21,23-27,30,33-34,37,40-44,46-47,50-51,53-57H2,1-6H3,(H-,62,64,66,67)/b13-10-,22-19-,29-28-,32-31-,38-35-,39-36-,48-45-,52-49-. The number of phosphoric ester groups is 1. The summed E-state index contributed by atoms with van der Waals surface area (Å²) in [6, 6.07) is -0.930. The molecule has 3 unspecified atom stereocenters. The number of amides is 1. The summed E-state index contributed by atoms with van der Waals surface area (Å²) in [6.45, 7) is 6.64. The lowest BCUT2D eigenvalue weighted by Crippen LogP contribution is -2.47. The summed E-state index contributed by atoms with van der Waals surface area (Å²) in [6.07, 6.45) is 66.7. The van der Waals surface area contributed by atoms with E-state index in [4.69, 9.17) is 13.8 Å². The van der Waals surface area contributed by atoms with Crippen LogP contribution in [0.2, 0.25) is 0 Å². The van der Waals surface area contributed by atoms with Gasteiger partial charge in [0.2, 0.25) is 5.91 Å². The van der Waals surface area contributed by atoms with Crippen LogP contribution in [0.15, 0.2) is 97.2 Å². The summed E-state index contributed by atoms with van der Waals surface area (Å²) in [5.41, 5.74) is 0. The molecule has 0 spiro atoms. The number of carbonyl (C=O) groups excluding carboxylic acids is 2. The quantitative estimate of drug-likeness (QED) is 0.0212. The first-order chi connectivity index (χ1) is 34.4. The van der Waals surface area contributed by atoms with Gasteiger partial charge >= 0.3 is 5.97 Å². The maximum absolute atomic E-state index is 13.5. The molecule has 0 aromatic carbocycles. The molecule has 3 atom stereocenters. The topological polar surface area (TPSA) is 114 Å². The van der Waals surface area contributed by atoms with Crippen LogP contribution in [0.5, 0.6) is 0 Å². The Morgan fingerprint density at radius 1 is 0.507 bits per heavy atom. The molecule has 9 nitrogen and oxygen atoms in total.